The van der Waals surface area contributed by atoms with Crippen LogP contribution in [0.25, 0.3) is 0 Å². The fraction of sp³-hybridized carbons (Fsp3) is 0.222. The number of esters is 1. The third kappa shape index (κ3) is 4.14. The van der Waals surface area contributed by atoms with E-state index in [1.807, 2.05) is 0 Å². The predicted molar refractivity (Wildman–Crippen MR) is 92.9 cm³/mol. The van der Waals surface area contributed by atoms with Gasteiger partial charge in [-0.1, -0.05) is 28.1 Å². The molecule has 0 aliphatic carbocycles. The summed E-state index contributed by atoms with van der Waals surface area (Å²) >= 11 is 3.31. The Morgan fingerprint density at radius 3 is 2.25 bits per heavy atom. The number of hydrogen-bond acceptors (Lipinski definition) is 5. The maximum atomic E-state index is 12.4. The molecule has 2 rings (SSSR count). The van der Waals surface area contributed by atoms with Crippen molar-refractivity contribution in [2.45, 2.75) is 13.0 Å². The molecule has 1 atom stereocenters. The molecule has 0 unspecified atom stereocenters. The Balaban J connectivity index is 2.16. The van der Waals surface area contributed by atoms with Crippen molar-refractivity contribution in [2.24, 2.45) is 0 Å². The molecule has 5 nitrogen and oxygen atoms in total. The van der Waals surface area contributed by atoms with E-state index < -0.39 is 12.1 Å². The van der Waals surface area contributed by atoms with Gasteiger partial charge in [0.15, 0.2) is 6.10 Å². The van der Waals surface area contributed by atoms with Crippen LogP contribution >= 0.6 is 15.9 Å². The van der Waals surface area contributed by atoms with Crippen molar-refractivity contribution in [1.82, 2.24) is 0 Å². The summed E-state index contributed by atoms with van der Waals surface area (Å²) in [6.45, 7) is 1.54. The second-order valence-corrected chi connectivity index (χ2v) is 5.90. The molecule has 0 saturated carbocycles. The average Bonchev–Trinajstić information content (AvgIpc) is 2.60. The Labute approximate surface area is 148 Å². The lowest BCUT2D eigenvalue weighted by molar-refractivity contribution is 0.0315. The molecule has 0 aliphatic rings. The molecule has 0 aliphatic heterocycles. The van der Waals surface area contributed by atoms with Gasteiger partial charge in [-0.25, -0.2) is 4.79 Å². The maximum Gasteiger partial charge on any atom is 0.342 e. The number of carbonyl (C=O) groups excluding carboxylic acids is 2. The highest BCUT2D eigenvalue weighted by atomic mass is 79.9. The molecule has 6 heteroatoms. The molecule has 0 radical (unpaired) electrons. The summed E-state index contributed by atoms with van der Waals surface area (Å²) in [7, 11) is 2.95. The Kier molecular flexibility index (Phi) is 5.98. The minimum atomic E-state index is -0.922. The van der Waals surface area contributed by atoms with Crippen molar-refractivity contribution in [3.05, 3.63) is 58.1 Å². The number of rotatable bonds is 6. The number of benzene rings is 2. The van der Waals surface area contributed by atoms with Crippen molar-refractivity contribution < 1.29 is 23.8 Å². The lowest BCUT2D eigenvalue weighted by Gasteiger charge is -2.14. The van der Waals surface area contributed by atoms with Gasteiger partial charge in [-0.3, -0.25) is 4.79 Å². The summed E-state index contributed by atoms with van der Waals surface area (Å²) in [5.41, 5.74) is 0.670. The molecule has 0 spiro atoms. The van der Waals surface area contributed by atoms with Crippen molar-refractivity contribution in [3.8, 4) is 11.5 Å². The first-order valence-electron chi connectivity index (χ1n) is 7.19. The fourth-order valence-electron chi connectivity index (χ4n) is 2.10. The van der Waals surface area contributed by atoms with Gasteiger partial charge in [0, 0.05) is 10.0 Å². The Morgan fingerprint density at radius 1 is 1.00 bits per heavy atom. The van der Waals surface area contributed by atoms with Gasteiger partial charge in [0.05, 0.1) is 14.2 Å². The van der Waals surface area contributed by atoms with E-state index in [9.17, 15) is 9.59 Å². The fourth-order valence-corrected chi connectivity index (χ4v) is 2.36. The Hall–Kier alpha value is -2.34. The smallest absolute Gasteiger partial charge is 0.342 e. The van der Waals surface area contributed by atoms with Gasteiger partial charge in [0.1, 0.15) is 17.1 Å². The number of hydrogen-bond donors (Lipinski definition) is 0. The molecule has 24 heavy (non-hydrogen) atoms. The van der Waals surface area contributed by atoms with Crippen LogP contribution in [0.5, 0.6) is 11.5 Å². The number of carbonyl (C=O) groups is 2. The van der Waals surface area contributed by atoms with Gasteiger partial charge in [0.2, 0.25) is 5.78 Å². The molecule has 0 saturated heterocycles. The van der Waals surface area contributed by atoms with Crippen molar-refractivity contribution in [1.29, 1.82) is 0 Å². The van der Waals surface area contributed by atoms with Gasteiger partial charge in [0.25, 0.3) is 0 Å². The molecule has 0 fully saturated rings. The lowest BCUT2D eigenvalue weighted by Crippen LogP contribution is -2.24. The molecular weight excluding hydrogens is 376 g/mol. The molecular formula is C18H17BrO5. The summed E-state index contributed by atoms with van der Waals surface area (Å²) in [6.07, 6.45) is -0.922. The highest BCUT2D eigenvalue weighted by Gasteiger charge is 2.23. The predicted octanol–water partition coefficient (Wildman–Crippen LogP) is 3.89. The average molecular weight is 393 g/mol. The first-order valence-corrected chi connectivity index (χ1v) is 7.98. The number of ether oxygens (including phenoxy) is 3. The molecule has 0 bridgehead atoms. The minimum Gasteiger partial charge on any atom is -0.497 e. The van der Waals surface area contributed by atoms with Crippen molar-refractivity contribution >= 4 is 27.7 Å². The molecule has 0 N–H and O–H groups in total. The van der Waals surface area contributed by atoms with Gasteiger partial charge >= 0.3 is 5.97 Å². The zero-order chi connectivity index (χ0) is 17.7. The summed E-state index contributed by atoms with van der Waals surface area (Å²) in [6, 6.07) is 11.6. The monoisotopic (exact) mass is 392 g/mol. The van der Waals surface area contributed by atoms with Crippen molar-refractivity contribution in [2.75, 3.05) is 14.2 Å². The van der Waals surface area contributed by atoms with Gasteiger partial charge < -0.3 is 14.2 Å². The molecule has 2 aromatic carbocycles. The van der Waals surface area contributed by atoms with Gasteiger partial charge in [-0.2, -0.15) is 0 Å². The zero-order valence-corrected chi connectivity index (χ0v) is 15.1. The van der Waals surface area contributed by atoms with Gasteiger partial charge in [-0.05, 0) is 37.3 Å². The van der Waals surface area contributed by atoms with Crippen LogP contribution in [0.1, 0.15) is 27.6 Å². The van der Waals surface area contributed by atoms with Gasteiger partial charge in [-0.15, -0.1) is 0 Å². The first kappa shape index (κ1) is 18.0. The van der Waals surface area contributed by atoms with Crippen LogP contribution in [0.3, 0.4) is 0 Å². The highest BCUT2D eigenvalue weighted by molar-refractivity contribution is 9.10. The third-order valence-electron chi connectivity index (χ3n) is 3.41. The van der Waals surface area contributed by atoms with Crippen LogP contribution in [-0.4, -0.2) is 32.1 Å². The second kappa shape index (κ2) is 7.97. The Morgan fingerprint density at radius 2 is 1.67 bits per heavy atom. The minimum absolute atomic E-state index is 0.201. The summed E-state index contributed by atoms with van der Waals surface area (Å²) in [5, 5.41) is 0. The van der Waals surface area contributed by atoms with Crippen LogP contribution in [0, 0.1) is 0 Å². The quantitative estimate of drug-likeness (QED) is 0.551. The lowest BCUT2D eigenvalue weighted by atomic mass is 10.1. The van der Waals surface area contributed by atoms with Crippen LogP contribution in [0.4, 0.5) is 0 Å². The standard InChI is InChI=1S/C18H17BrO5/c1-11(17(20)12-4-6-13(19)7-5-12)24-18(21)15-10-14(22-2)8-9-16(15)23-3/h4-11H,1-3H3/t11-/m0/s1. The molecule has 0 amide bonds. The number of Topliss-reactive ketones (excluding diaryl/α,β-unsaturated/α-hetero) is 1. The Bertz CT molecular complexity index is 740. The third-order valence-corrected chi connectivity index (χ3v) is 3.94. The van der Waals surface area contributed by atoms with E-state index in [-0.39, 0.29) is 11.3 Å². The van der Waals surface area contributed by atoms with Crippen molar-refractivity contribution in [3.63, 3.8) is 0 Å². The molecule has 0 heterocycles. The molecule has 0 aromatic heterocycles. The SMILES string of the molecule is COc1ccc(OC)c(C(=O)O[C@@H](C)C(=O)c2ccc(Br)cc2)c1. The topological polar surface area (TPSA) is 61.8 Å². The summed E-state index contributed by atoms with van der Waals surface area (Å²) in [4.78, 5) is 24.7. The van der Waals surface area contributed by atoms with E-state index in [1.54, 1.807) is 36.4 Å². The molecule has 2 aromatic rings. The highest BCUT2D eigenvalue weighted by Crippen LogP contribution is 2.25. The van der Waals surface area contributed by atoms with Crippen LogP contribution in [0.15, 0.2) is 46.9 Å². The number of ketones is 1. The summed E-state index contributed by atoms with van der Waals surface area (Å²) < 4.78 is 16.4. The van der Waals surface area contributed by atoms with Crippen LogP contribution < -0.4 is 9.47 Å². The van der Waals surface area contributed by atoms with E-state index in [4.69, 9.17) is 14.2 Å². The number of methoxy groups -OCH3 is 2. The van der Waals surface area contributed by atoms with Crippen LogP contribution in [-0.2, 0) is 4.74 Å². The molecule has 126 valence electrons. The number of halogens is 1. The van der Waals surface area contributed by atoms with E-state index in [0.29, 0.717) is 17.1 Å². The van der Waals surface area contributed by atoms with E-state index in [0.717, 1.165) is 4.47 Å². The normalized spacial score (nSPS) is 11.5. The summed E-state index contributed by atoms with van der Waals surface area (Å²) in [5.74, 6) is -0.0832. The largest absolute Gasteiger partial charge is 0.497 e. The second-order valence-electron chi connectivity index (χ2n) is 4.98. The van der Waals surface area contributed by atoms with E-state index in [1.165, 1.54) is 27.2 Å². The van der Waals surface area contributed by atoms with E-state index in [2.05, 4.69) is 15.9 Å². The zero-order valence-electron chi connectivity index (χ0n) is 13.5. The van der Waals surface area contributed by atoms with Crippen LogP contribution in [0.2, 0.25) is 0 Å². The maximum absolute atomic E-state index is 12.4. The first-order chi connectivity index (χ1) is 11.5. The van der Waals surface area contributed by atoms with E-state index >= 15 is 0 Å².